The number of hydrogen-bond donors (Lipinski definition) is 2. The molecule has 1 aromatic heterocycles. The molecule has 3 amide bonds. The normalized spacial score (nSPS) is 9.92. The first-order chi connectivity index (χ1) is 11.9. The Morgan fingerprint density at radius 2 is 1.80 bits per heavy atom. The first kappa shape index (κ1) is 18.1. The summed E-state index contributed by atoms with van der Waals surface area (Å²) in [6.07, 6.45) is 1.46. The lowest BCUT2D eigenvalue weighted by Gasteiger charge is -2.13. The average molecular weight is 344 g/mol. The highest BCUT2D eigenvalue weighted by molar-refractivity contribution is 6.01. The number of urea groups is 1. The molecule has 2 rings (SSSR count). The van der Waals surface area contributed by atoms with E-state index in [0.717, 1.165) is 0 Å². The SMILES string of the molecule is COc1ccc(NC(=O)Nc2cc(C(=O)N(C)C)ccn2)c(OC)c1. The second-order valence-corrected chi connectivity index (χ2v) is 5.27. The first-order valence-corrected chi connectivity index (χ1v) is 7.42. The molecule has 2 aromatic rings. The lowest BCUT2D eigenvalue weighted by atomic mass is 10.2. The van der Waals surface area contributed by atoms with Crippen molar-refractivity contribution in [1.29, 1.82) is 0 Å². The number of rotatable bonds is 5. The number of pyridine rings is 1. The molecule has 1 heterocycles. The summed E-state index contributed by atoms with van der Waals surface area (Å²) in [5.41, 5.74) is 0.902. The molecule has 0 aliphatic carbocycles. The van der Waals surface area contributed by atoms with Crippen LogP contribution in [-0.2, 0) is 0 Å². The zero-order chi connectivity index (χ0) is 18.4. The highest BCUT2D eigenvalue weighted by Gasteiger charge is 2.12. The van der Waals surface area contributed by atoms with Gasteiger partial charge < -0.3 is 19.7 Å². The molecular weight excluding hydrogens is 324 g/mol. The first-order valence-electron chi connectivity index (χ1n) is 7.42. The molecule has 0 radical (unpaired) electrons. The van der Waals surface area contributed by atoms with E-state index in [-0.39, 0.29) is 11.7 Å². The number of amides is 3. The Balaban J connectivity index is 2.11. The third-order valence-electron chi connectivity index (χ3n) is 3.31. The minimum Gasteiger partial charge on any atom is -0.497 e. The molecule has 0 unspecified atom stereocenters. The van der Waals surface area contributed by atoms with Gasteiger partial charge in [-0.3, -0.25) is 10.1 Å². The van der Waals surface area contributed by atoms with E-state index >= 15 is 0 Å². The number of anilines is 2. The van der Waals surface area contributed by atoms with Crippen molar-refractivity contribution in [3.63, 3.8) is 0 Å². The van der Waals surface area contributed by atoms with Crippen molar-refractivity contribution < 1.29 is 19.1 Å². The zero-order valence-electron chi connectivity index (χ0n) is 14.5. The number of carbonyl (C=O) groups excluding carboxylic acids is 2. The summed E-state index contributed by atoms with van der Waals surface area (Å²) in [6, 6.07) is 7.60. The molecule has 8 nitrogen and oxygen atoms in total. The molecule has 0 aliphatic heterocycles. The molecule has 0 atom stereocenters. The third-order valence-corrected chi connectivity index (χ3v) is 3.31. The van der Waals surface area contributed by atoms with E-state index < -0.39 is 6.03 Å². The van der Waals surface area contributed by atoms with Crippen LogP contribution in [0.3, 0.4) is 0 Å². The largest absolute Gasteiger partial charge is 0.497 e. The number of aromatic nitrogens is 1. The summed E-state index contributed by atoms with van der Waals surface area (Å²) < 4.78 is 10.3. The van der Waals surface area contributed by atoms with Crippen molar-refractivity contribution in [1.82, 2.24) is 9.88 Å². The van der Waals surface area contributed by atoms with Gasteiger partial charge in [-0.15, -0.1) is 0 Å². The van der Waals surface area contributed by atoms with Crippen molar-refractivity contribution in [2.75, 3.05) is 38.9 Å². The van der Waals surface area contributed by atoms with Crippen molar-refractivity contribution in [2.24, 2.45) is 0 Å². The van der Waals surface area contributed by atoms with Gasteiger partial charge in [0.2, 0.25) is 0 Å². The Hall–Kier alpha value is -3.29. The highest BCUT2D eigenvalue weighted by atomic mass is 16.5. The van der Waals surface area contributed by atoms with Gasteiger partial charge in [-0.2, -0.15) is 0 Å². The molecule has 0 spiro atoms. The van der Waals surface area contributed by atoms with Gasteiger partial charge >= 0.3 is 6.03 Å². The Kier molecular flexibility index (Phi) is 5.78. The number of carbonyl (C=O) groups is 2. The summed E-state index contributed by atoms with van der Waals surface area (Å²) in [5, 5.41) is 5.25. The Bertz CT molecular complexity index is 777. The van der Waals surface area contributed by atoms with Gasteiger partial charge in [0.25, 0.3) is 5.91 Å². The van der Waals surface area contributed by atoms with Crippen molar-refractivity contribution in [3.05, 3.63) is 42.1 Å². The second kappa shape index (κ2) is 8.00. The van der Waals surface area contributed by atoms with Crippen LogP contribution < -0.4 is 20.1 Å². The van der Waals surface area contributed by atoms with Crippen molar-refractivity contribution in [2.45, 2.75) is 0 Å². The molecule has 0 fully saturated rings. The van der Waals surface area contributed by atoms with E-state index in [2.05, 4.69) is 15.6 Å². The fourth-order valence-corrected chi connectivity index (χ4v) is 2.06. The molecule has 0 aliphatic rings. The van der Waals surface area contributed by atoms with Gasteiger partial charge in [0.1, 0.15) is 17.3 Å². The maximum atomic E-state index is 12.2. The summed E-state index contributed by atoms with van der Waals surface area (Å²) in [6.45, 7) is 0. The molecule has 8 heteroatoms. The second-order valence-electron chi connectivity index (χ2n) is 5.27. The summed E-state index contributed by atoms with van der Waals surface area (Å²) in [7, 11) is 6.34. The maximum Gasteiger partial charge on any atom is 0.324 e. The Labute approximate surface area is 145 Å². The molecule has 132 valence electrons. The third kappa shape index (κ3) is 4.60. The number of ether oxygens (including phenoxy) is 2. The molecule has 1 aromatic carbocycles. The van der Waals surface area contributed by atoms with Crippen molar-refractivity contribution >= 4 is 23.4 Å². The number of nitrogens with zero attached hydrogens (tertiary/aromatic N) is 2. The molecular formula is C17H20N4O4. The van der Waals surface area contributed by atoms with Gasteiger partial charge in [0, 0.05) is 31.9 Å². The number of nitrogens with one attached hydrogen (secondary N) is 2. The van der Waals surface area contributed by atoms with Crippen molar-refractivity contribution in [3.8, 4) is 11.5 Å². The average Bonchev–Trinajstić information content (AvgIpc) is 2.61. The van der Waals surface area contributed by atoms with Crippen LogP contribution in [0, 0.1) is 0 Å². The molecule has 0 bridgehead atoms. The lowest BCUT2D eigenvalue weighted by Crippen LogP contribution is -2.23. The van der Waals surface area contributed by atoms with E-state index in [1.807, 2.05) is 0 Å². The van der Waals surface area contributed by atoms with Gasteiger partial charge in [0.05, 0.1) is 19.9 Å². The van der Waals surface area contributed by atoms with Crippen LogP contribution in [0.2, 0.25) is 0 Å². The quantitative estimate of drug-likeness (QED) is 0.869. The number of methoxy groups -OCH3 is 2. The zero-order valence-corrected chi connectivity index (χ0v) is 14.5. The van der Waals surface area contributed by atoms with Crippen LogP contribution in [0.25, 0.3) is 0 Å². The smallest absolute Gasteiger partial charge is 0.324 e. The van der Waals surface area contributed by atoms with Gasteiger partial charge in [0.15, 0.2) is 0 Å². The lowest BCUT2D eigenvalue weighted by molar-refractivity contribution is 0.0827. The summed E-state index contributed by atoms with van der Waals surface area (Å²) in [4.78, 5) is 29.6. The van der Waals surface area contributed by atoms with Crippen LogP contribution in [0.5, 0.6) is 11.5 Å². The van der Waals surface area contributed by atoms with E-state index in [0.29, 0.717) is 22.7 Å². The van der Waals surface area contributed by atoms with E-state index in [4.69, 9.17) is 9.47 Å². The Morgan fingerprint density at radius 3 is 2.44 bits per heavy atom. The van der Waals surface area contributed by atoms with Gasteiger partial charge in [-0.1, -0.05) is 0 Å². The number of hydrogen-bond acceptors (Lipinski definition) is 5. The van der Waals surface area contributed by atoms with E-state index in [1.54, 1.807) is 45.5 Å². The summed E-state index contributed by atoms with van der Waals surface area (Å²) >= 11 is 0. The van der Waals surface area contributed by atoms with Crippen LogP contribution in [0.4, 0.5) is 16.3 Å². The van der Waals surface area contributed by atoms with E-state index in [1.165, 1.54) is 24.3 Å². The van der Waals surface area contributed by atoms with Gasteiger partial charge in [-0.05, 0) is 24.3 Å². The molecule has 25 heavy (non-hydrogen) atoms. The minimum absolute atomic E-state index is 0.178. The molecule has 0 saturated heterocycles. The molecule has 0 saturated carbocycles. The van der Waals surface area contributed by atoms with Crippen LogP contribution >= 0.6 is 0 Å². The van der Waals surface area contributed by atoms with Crippen LogP contribution in [-0.4, -0.2) is 50.1 Å². The fraction of sp³-hybridized carbons (Fsp3) is 0.235. The van der Waals surface area contributed by atoms with Gasteiger partial charge in [-0.25, -0.2) is 9.78 Å². The van der Waals surface area contributed by atoms with Crippen LogP contribution in [0.1, 0.15) is 10.4 Å². The topological polar surface area (TPSA) is 92.8 Å². The predicted molar refractivity (Wildman–Crippen MR) is 94.4 cm³/mol. The van der Waals surface area contributed by atoms with E-state index in [9.17, 15) is 9.59 Å². The maximum absolute atomic E-state index is 12.2. The van der Waals surface area contributed by atoms with Crippen LogP contribution in [0.15, 0.2) is 36.5 Å². The molecule has 2 N–H and O–H groups in total. The standard InChI is InChI=1S/C17H20N4O4/c1-21(2)16(22)11-7-8-18-15(9-11)20-17(23)19-13-6-5-12(24-3)10-14(13)25-4/h5-10H,1-4H3,(H2,18,19,20,23). The monoisotopic (exact) mass is 344 g/mol. The fourth-order valence-electron chi connectivity index (χ4n) is 2.06. The Morgan fingerprint density at radius 1 is 1.04 bits per heavy atom. The predicted octanol–water partition coefficient (Wildman–Crippen LogP) is 2.44. The minimum atomic E-state index is -0.509. The highest BCUT2D eigenvalue weighted by Crippen LogP contribution is 2.29. The number of benzene rings is 1. The summed E-state index contributed by atoms with van der Waals surface area (Å²) in [5.74, 6) is 1.15.